The van der Waals surface area contributed by atoms with Crippen LogP contribution in [-0.2, 0) is 16.1 Å². The monoisotopic (exact) mass is 413 g/mol. The average molecular weight is 414 g/mol. The van der Waals surface area contributed by atoms with Crippen LogP contribution in [0.15, 0.2) is 34.9 Å². The van der Waals surface area contributed by atoms with E-state index in [4.69, 9.17) is 20.9 Å². The van der Waals surface area contributed by atoms with E-state index in [1.807, 2.05) is 12.1 Å². The van der Waals surface area contributed by atoms with Gasteiger partial charge in [-0.25, -0.2) is 9.78 Å². The van der Waals surface area contributed by atoms with E-state index in [9.17, 15) is 9.59 Å². The highest BCUT2D eigenvalue weighted by molar-refractivity contribution is 6.30. The molecule has 0 atom stereocenters. The predicted octanol–water partition coefficient (Wildman–Crippen LogP) is 3.88. The highest BCUT2D eigenvalue weighted by atomic mass is 35.5. The van der Waals surface area contributed by atoms with Crippen molar-refractivity contribution in [2.24, 2.45) is 0 Å². The number of benzene rings is 1. The summed E-state index contributed by atoms with van der Waals surface area (Å²) in [5.41, 5.74) is 2.91. The summed E-state index contributed by atoms with van der Waals surface area (Å²) in [4.78, 5) is 31.1. The Morgan fingerprint density at radius 1 is 1.31 bits per heavy atom. The highest BCUT2D eigenvalue weighted by Crippen LogP contribution is 2.40. The molecule has 0 aliphatic heterocycles. The Morgan fingerprint density at radius 2 is 2.10 bits per heavy atom. The van der Waals surface area contributed by atoms with Gasteiger partial charge in [-0.3, -0.25) is 4.79 Å². The quantitative estimate of drug-likeness (QED) is 0.570. The summed E-state index contributed by atoms with van der Waals surface area (Å²) in [6, 6.07) is 8.99. The van der Waals surface area contributed by atoms with Crippen molar-refractivity contribution in [3.8, 4) is 0 Å². The lowest BCUT2D eigenvalue weighted by Crippen LogP contribution is -2.30. The zero-order valence-electron chi connectivity index (χ0n) is 16.1. The van der Waals surface area contributed by atoms with Gasteiger partial charge in [-0.1, -0.05) is 28.9 Å². The predicted molar refractivity (Wildman–Crippen MR) is 107 cm³/mol. The Morgan fingerprint density at radius 3 is 2.83 bits per heavy atom. The van der Waals surface area contributed by atoms with Crippen molar-refractivity contribution < 1.29 is 18.8 Å². The second-order valence-electron chi connectivity index (χ2n) is 7.27. The number of carbonyl (C=O) groups is 2. The number of hydrogen-bond acceptors (Lipinski definition) is 6. The number of ether oxygens (including phenoxy) is 1. The Balaban J connectivity index is 1.45. The van der Waals surface area contributed by atoms with Crippen LogP contribution in [-0.4, -0.2) is 40.6 Å². The number of nitrogens with zero attached hydrogens (tertiary/aromatic N) is 3. The van der Waals surface area contributed by atoms with Gasteiger partial charge < -0.3 is 14.2 Å². The zero-order valence-corrected chi connectivity index (χ0v) is 16.9. The number of halogens is 1. The first kappa shape index (κ1) is 19.4. The molecule has 1 aliphatic rings. The summed E-state index contributed by atoms with van der Waals surface area (Å²) in [5, 5.41) is 5.04. The van der Waals surface area contributed by atoms with Crippen molar-refractivity contribution in [1.29, 1.82) is 0 Å². The van der Waals surface area contributed by atoms with Gasteiger partial charge in [-0.15, -0.1) is 0 Å². The van der Waals surface area contributed by atoms with E-state index in [-0.39, 0.29) is 12.5 Å². The van der Waals surface area contributed by atoms with Gasteiger partial charge in [-0.05, 0) is 43.5 Å². The number of amides is 1. The molecule has 2 aromatic heterocycles. The third-order valence-electron chi connectivity index (χ3n) is 4.91. The molecule has 1 aromatic carbocycles. The van der Waals surface area contributed by atoms with Crippen molar-refractivity contribution in [2.45, 2.75) is 32.2 Å². The van der Waals surface area contributed by atoms with Crippen LogP contribution in [0.3, 0.4) is 0 Å². The molecule has 0 spiro atoms. The first-order valence-corrected chi connectivity index (χ1v) is 9.72. The van der Waals surface area contributed by atoms with Gasteiger partial charge in [0.15, 0.2) is 6.61 Å². The SMILES string of the molecule is Cc1noc2nc(C3CC3)cc(C(=O)OCC(=O)N(C)Cc3cccc(Cl)c3)c12. The Labute approximate surface area is 172 Å². The normalized spacial score (nSPS) is 13.5. The Kier molecular flexibility index (Phi) is 5.24. The fourth-order valence-electron chi connectivity index (χ4n) is 3.18. The summed E-state index contributed by atoms with van der Waals surface area (Å²) >= 11 is 5.98. The van der Waals surface area contributed by atoms with Crippen LogP contribution >= 0.6 is 11.6 Å². The van der Waals surface area contributed by atoms with Crippen LogP contribution in [0.1, 0.15) is 46.1 Å². The van der Waals surface area contributed by atoms with Crippen molar-refractivity contribution in [3.05, 3.63) is 57.9 Å². The summed E-state index contributed by atoms with van der Waals surface area (Å²) in [7, 11) is 1.65. The average Bonchev–Trinajstić information content (AvgIpc) is 3.48. The molecule has 0 unspecified atom stereocenters. The number of esters is 1. The van der Waals surface area contributed by atoms with Gasteiger partial charge in [0.25, 0.3) is 11.6 Å². The summed E-state index contributed by atoms with van der Waals surface area (Å²) in [5.74, 6) is -0.565. The van der Waals surface area contributed by atoms with Crippen LogP contribution in [0.2, 0.25) is 5.02 Å². The van der Waals surface area contributed by atoms with Crippen LogP contribution in [0.5, 0.6) is 0 Å². The van der Waals surface area contributed by atoms with E-state index < -0.39 is 5.97 Å². The maximum atomic E-state index is 12.7. The molecular weight excluding hydrogens is 394 g/mol. The number of fused-ring (bicyclic) bond motifs is 1. The van der Waals surface area contributed by atoms with Gasteiger partial charge in [0.2, 0.25) is 0 Å². The van der Waals surface area contributed by atoms with Crippen LogP contribution in [0.25, 0.3) is 11.1 Å². The van der Waals surface area contributed by atoms with Crippen LogP contribution < -0.4 is 0 Å². The van der Waals surface area contributed by atoms with Crippen LogP contribution in [0.4, 0.5) is 0 Å². The zero-order chi connectivity index (χ0) is 20.5. The molecule has 0 N–H and O–H groups in total. The smallest absolute Gasteiger partial charge is 0.339 e. The van der Waals surface area contributed by atoms with Crippen molar-refractivity contribution in [1.82, 2.24) is 15.0 Å². The number of aryl methyl sites for hydroxylation is 1. The Bertz CT molecular complexity index is 1090. The molecular formula is C21H20ClN3O4. The highest BCUT2D eigenvalue weighted by Gasteiger charge is 2.29. The van der Waals surface area contributed by atoms with Gasteiger partial charge in [0, 0.05) is 30.2 Å². The van der Waals surface area contributed by atoms with E-state index in [0.717, 1.165) is 24.1 Å². The fourth-order valence-corrected chi connectivity index (χ4v) is 3.39. The van der Waals surface area contributed by atoms with E-state index in [1.54, 1.807) is 32.2 Å². The number of pyridine rings is 1. The second-order valence-corrected chi connectivity index (χ2v) is 7.71. The maximum absolute atomic E-state index is 12.7. The molecule has 4 rings (SSSR count). The van der Waals surface area contributed by atoms with Crippen molar-refractivity contribution in [3.63, 3.8) is 0 Å². The van der Waals surface area contributed by atoms with E-state index in [2.05, 4.69) is 10.1 Å². The molecule has 0 saturated heterocycles. The minimum atomic E-state index is -0.588. The minimum Gasteiger partial charge on any atom is -0.452 e. The van der Waals surface area contributed by atoms with Gasteiger partial charge in [0.05, 0.1) is 16.6 Å². The third-order valence-corrected chi connectivity index (χ3v) is 5.15. The molecule has 0 bridgehead atoms. The van der Waals surface area contributed by atoms with Gasteiger partial charge >= 0.3 is 5.97 Å². The van der Waals surface area contributed by atoms with E-state index >= 15 is 0 Å². The summed E-state index contributed by atoms with van der Waals surface area (Å²) < 4.78 is 10.5. The number of rotatable bonds is 6. The van der Waals surface area contributed by atoms with E-state index in [1.165, 1.54) is 4.90 Å². The molecule has 29 heavy (non-hydrogen) atoms. The van der Waals surface area contributed by atoms with E-state index in [0.29, 0.717) is 39.8 Å². The number of carbonyl (C=O) groups excluding carboxylic acids is 2. The molecule has 3 aromatic rings. The minimum absolute atomic E-state index is 0.312. The lowest BCUT2D eigenvalue weighted by Gasteiger charge is -2.17. The third kappa shape index (κ3) is 4.24. The molecule has 1 fully saturated rings. The molecule has 150 valence electrons. The van der Waals surface area contributed by atoms with Gasteiger partial charge in [-0.2, -0.15) is 0 Å². The lowest BCUT2D eigenvalue weighted by molar-refractivity contribution is -0.133. The number of aromatic nitrogens is 2. The largest absolute Gasteiger partial charge is 0.452 e. The standard InChI is InChI=1S/C21H20ClN3O4/c1-12-19-16(9-17(14-6-7-14)23-20(19)29-24-12)21(27)28-11-18(26)25(2)10-13-4-3-5-15(22)8-13/h3-5,8-9,14H,6-7,10-11H2,1-2H3. The second kappa shape index (κ2) is 7.83. The first-order chi connectivity index (χ1) is 13.9. The Hall–Kier alpha value is -2.93. The fraction of sp³-hybridized carbons (Fsp3) is 0.333. The lowest BCUT2D eigenvalue weighted by atomic mass is 10.1. The molecule has 2 heterocycles. The van der Waals surface area contributed by atoms with Crippen molar-refractivity contribution >= 4 is 34.6 Å². The van der Waals surface area contributed by atoms with Crippen molar-refractivity contribution in [2.75, 3.05) is 13.7 Å². The topological polar surface area (TPSA) is 85.5 Å². The van der Waals surface area contributed by atoms with Crippen LogP contribution in [0, 0.1) is 6.92 Å². The first-order valence-electron chi connectivity index (χ1n) is 9.35. The molecule has 1 amide bonds. The van der Waals surface area contributed by atoms with Gasteiger partial charge in [0.1, 0.15) is 0 Å². The summed E-state index contributed by atoms with van der Waals surface area (Å²) in [6.45, 7) is 1.75. The molecule has 8 heteroatoms. The number of likely N-dealkylation sites (N-methyl/N-ethyl adjacent to an activating group) is 1. The summed E-state index contributed by atoms with van der Waals surface area (Å²) in [6.07, 6.45) is 2.07. The molecule has 0 radical (unpaired) electrons. The maximum Gasteiger partial charge on any atom is 0.339 e. The molecule has 1 aliphatic carbocycles. The molecule has 1 saturated carbocycles. The number of hydrogen-bond donors (Lipinski definition) is 0. The molecule has 7 nitrogen and oxygen atoms in total.